The molecule has 1 aliphatic carbocycles. The van der Waals surface area contributed by atoms with Crippen LogP contribution in [0.25, 0.3) is 0 Å². The van der Waals surface area contributed by atoms with Crippen LogP contribution in [-0.4, -0.2) is 24.8 Å². The molecule has 4 nitrogen and oxygen atoms in total. The summed E-state index contributed by atoms with van der Waals surface area (Å²) in [6.07, 6.45) is 7.24. The van der Waals surface area contributed by atoms with E-state index in [1.165, 1.54) is 25.0 Å². The second kappa shape index (κ2) is 7.76. The van der Waals surface area contributed by atoms with Gasteiger partial charge in [-0.3, -0.25) is 9.59 Å². The summed E-state index contributed by atoms with van der Waals surface area (Å²) in [5.41, 5.74) is 0.109. The first kappa shape index (κ1) is 15.5. The van der Waals surface area contributed by atoms with Gasteiger partial charge in [0.05, 0.1) is 5.56 Å². The highest BCUT2D eigenvalue weighted by atomic mass is 19.1. The predicted octanol–water partition coefficient (Wildman–Crippen LogP) is 2.86. The van der Waals surface area contributed by atoms with Crippen molar-refractivity contribution in [1.29, 1.82) is 0 Å². The Balaban J connectivity index is 1.84. The normalized spacial score (nSPS) is 16.0. The van der Waals surface area contributed by atoms with Gasteiger partial charge in [-0.15, -0.1) is 0 Å². The Hall–Kier alpha value is -1.91. The molecule has 1 amide bonds. The highest BCUT2D eigenvalue weighted by Crippen LogP contribution is 2.19. The van der Waals surface area contributed by atoms with Crippen molar-refractivity contribution in [1.82, 2.24) is 5.32 Å². The zero-order valence-corrected chi connectivity index (χ0v) is 11.9. The van der Waals surface area contributed by atoms with E-state index < -0.39 is 5.82 Å². The van der Waals surface area contributed by atoms with Crippen molar-refractivity contribution in [2.75, 3.05) is 6.61 Å². The molecular weight excluding hydrogens is 273 g/mol. The van der Waals surface area contributed by atoms with Gasteiger partial charge < -0.3 is 10.1 Å². The highest BCUT2D eigenvalue weighted by molar-refractivity contribution is 5.81. The van der Waals surface area contributed by atoms with E-state index in [2.05, 4.69) is 5.32 Å². The van der Waals surface area contributed by atoms with E-state index in [0.29, 0.717) is 6.29 Å². The number of halogens is 1. The number of hydrogen-bond acceptors (Lipinski definition) is 3. The van der Waals surface area contributed by atoms with Gasteiger partial charge >= 0.3 is 0 Å². The summed E-state index contributed by atoms with van der Waals surface area (Å²) in [6, 6.07) is 3.86. The Labute approximate surface area is 123 Å². The van der Waals surface area contributed by atoms with E-state index in [9.17, 15) is 14.0 Å². The van der Waals surface area contributed by atoms with Gasteiger partial charge in [-0.05, 0) is 31.0 Å². The lowest BCUT2D eigenvalue weighted by molar-refractivity contribution is -0.123. The molecule has 0 heterocycles. The topological polar surface area (TPSA) is 55.4 Å². The van der Waals surface area contributed by atoms with Crippen molar-refractivity contribution in [3.8, 4) is 5.75 Å². The molecule has 0 aromatic heterocycles. The molecule has 0 saturated heterocycles. The number of benzene rings is 1. The molecular formula is C16H20FNO3. The predicted molar refractivity (Wildman–Crippen MR) is 76.9 cm³/mol. The van der Waals surface area contributed by atoms with Gasteiger partial charge in [0.25, 0.3) is 5.91 Å². The summed E-state index contributed by atoms with van der Waals surface area (Å²) in [5.74, 6) is -0.488. The lowest BCUT2D eigenvalue weighted by Gasteiger charge is -2.16. The smallest absolute Gasteiger partial charge is 0.258 e. The van der Waals surface area contributed by atoms with E-state index in [4.69, 9.17) is 4.74 Å². The van der Waals surface area contributed by atoms with E-state index in [1.54, 1.807) is 0 Å². The molecule has 1 aliphatic rings. The summed E-state index contributed by atoms with van der Waals surface area (Å²) >= 11 is 0. The Bertz CT molecular complexity index is 496. The second-order valence-electron chi connectivity index (χ2n) is 5.34. The number of carbonyl (C=O) groups is 2. The van der Waals surface area contributed by atoms with Crippen molar-refractivity contribution in [2.24, 2.45) is 0 Å². The molecule has 1 aromatic rings. The summed E-state index contributed by atoms with van der Waals surface area (Å²) in [5, 5.41) is 2.95. The SMILES string of the molecule is O=Cc1cc(F)ccc1OCC(=O)NC1CCCCCC1. The molecule has 5 heteroatoms. The molecule has 21 heavy (non-hydrogen) atoms. The molecule has 0 atom stereocenters. The first-order valence-corrected chi connectivity index (χ1v) is 7.36. The molecule has 0 aliphatic heterocycles. The van der Waals surface area contributed by atoms with Gasteiger partial charge in [0.1, 0.15) is 11.6 Å². The van der Waals surface area contributed by atoms with Gasteiger partial charge in [-0.25, -0.2) is 4.39 Å². The van der Waals surface area contributed by atoms with Gasteiger partial charge in [-0.1, -0.05) is 25.7 Å². The number of carbonyl (C=O) groups excluding carboxylic acids is 2. The first-order valence-electron chi connectivity index (χ1n) is 7.36. The van der Waals surface area contributed by atoms with Crippen molar-refractivity contribution >= 4 is 12.2 Å². The zero-order valence-electron chi connectivity index (χ0n) is 11.9. The van der Waals surface area contributed by atoms with Crippen LogP contribution in [0.15, 0.2) is 18.2 Å². The molecule has 0 bridgehead atoms. The number of rotatable bonds is 5. The quantitative estimate of drug-likeness (QED) is 0.671. The second-order valence-corrected chi connectivity index (χ2v) is 5.34. The van der Waals surface area contributed by atoms with Crippen LogP contribution in [0.4, 0.5) is 4.39 Å². The molecule has 2 rings (SSSR count). The lowest BCUT2D eigenvalue weighted by Crippen LogP contribution is -2.37. The average Bonchev–Trinajstić information content (AvgIpc) is 2.74. The maximum Gasteiger partial charge on any atom is 0.258 e. The molecule has 114 valence electrons. The summed E-state index contributed by atoms with van der Waals surface area (Å²) < 4.78 is 18.3. The molecule has 0 radical (unpaired) electrons. The molecule has 1 N–H and O–H groups in total. The van der Waals surface area contributed by atoms with Crippen molar-refractivity contribution in [2.45, 2.75) is 44.6 Å². The third-order valence-corrected chi connectivity index (χ3v) is 3.68. The Kier molecular flexibility index (Phi) is 5.72. The van der Waals surface area contributed by atoms with Gasteiger partial charge in [0, 0.05) is 6.04 Å². The number of hydrogen-bond donors (Lipinski definition) is 1. The van der Waals surface area contributed by atoms with E-state index in [0.717, 1.165) is 31.7 Å². The minimum Gasteiger partial charge on any atom is -0.483 e. The minimum atomic E-state index is -0.507. The highest BCUT2D eigenvalue weighted by Gasteiger charge is 2.15. The third kappa shape index (κ3) is 4.85. The first-order chi connectivity index (χ1) is 10.2. The van der Waals surface area contributed by atoms with Crippen molar-refractivity contribution in [3.63, 3.8) is 0 Å². The molecule has 1 fully saturated rings. The molecule has 1 saturated carbocycles. The summed E-state index contributed by atoms with van der Waals surface area (Å²) in [4.78, 5) is 22.7. The van der Waals surface area contributed by atoms with Crippen LogP contribution >= 0.6 is 0 Å². The van der Waals surface area contributed by atoms with Crippen molar-refractivity contribution < 1.29 is 18.7 Å². The Morgan fingerprint density at radius 2 is 2.00 bits per heavy atom. The van der Waals surface area contributed by atoms with Crippen LogP contribution in [0.2, 0.25) is 0 Å². The number of amides is 1. The fourth-order valence-corrected chi connectivity index (χ4v) is 2.58. The molecule has 1 aromatic carbocycles. The molecule has 0 spiro atoms. The monoisotopic (exact) mass is 293 g/mol. The summed E-state index contributed by atoms with van der Waals surface area (Å²) in [7, 11) is 0. The maximum absolute atomic E-state index is 13.0. The van der Waals surface area contributed by atoms with E-state index in [-0.39, 0.29) is 29.9 Å². The van der Waals surface area contributed by atoms with Crippen LogP contribution in [0.1, 0.15) is 48.9 Å². The van der Waals surface area contributed by atoms with Crippen LogP contribution in [0, 0.1) is 5.82 Å². The van der Waals surface area contributed by atoms with Crippen molar-refractivity contribution in [3.05, 3.63) is 29.6 Å². The zero-order chi connectivity index (χ0) is 15.1. The fraction of sp³-hybridized carbons (Fsp3) is 0.500. The minimum absolute atomic E-state index is 0.109. The maximum atomic E-state index is 13.0. The van der Waals surface area contributed by atoms with Crippen LogP contribution < -0.4 is 10.1 Å². The standard InChI is InChI=1S/C16H20FNO3/c17-13-7-8-15(12(9-13)10-19)21-11-16(20)18-14-5-3-1-2-4-6-14/h7-10,14H,1-6,11H2,(H,18,20). The largest absolute Gasteiger partial charge is 0.483 e. The fourth-order valence-electron chi connectivity index (χ4n) is 2.58. The van der Waals surface area contributed by atoms with Crippen LogP contribution in [0.3, 0.4) is 0 Å². The number of aldehydes is 1. The number of nitrogens with one attached hydrogen (secondary N) is 1. The average molecular weight is 293 g/mol. The van der Waals surface area contributed by atoms with Gasteiger partial charge in [0.2, 0.25) is 0 Å². The van der Waals surface area contributed by atoms with E-state index >= 15 is 0 Å². The van der Waals surface area contributed by atoms with Crippen LogP contribution in [-0.2, 0) is 4.79 Å². The number of ether oxygens (including phenoxy) is 1. The summed E-state index contributed by atoms with van der Waals surface area (Å²) in [6.45, 7) is -0.164. The lowest BCUT2D eigenvalue weighted by atomic mass is 10.1. The van der Waals surface area contributed by atoms with E-state index in [1.807, 2.05) is 0 Å². The van der Waals surface area contributed by atoms with Gasteiger partial charge in [0.15, 0.2) is 12.9 Å². The van der Waals surface area contributed by atoms with Gasteiger partial charge in [-0.2, -0.15) is 0 Å². The van der Waals surface area contributed by atoms with Crippen LogP contribution in [0.5, 0.6) is 5.75 Å². The molecule has 0 unspecified atom stereocenters. The Morgan fingerprint density at radius 3 is 2.67 bits per heavy atom. The third-order valence-electron chi connectivity index (χ3n) is 3.68. The Morgan fingerprint density at radius 1 is 1.29 bits per heavy atom.